The molecule has 0 aliphatic carbocycles. The van der Waals surface area contributed by atoms with E-state index in [9.17, 15) is 4.79 Å². The minimum absolute atomic E-state index is 0.152. The van der Waals surface area contributed by atoms with Gasteiger partial charge in [0, 0.05) is 25.0 Å². The molecule has 0 fully saturated rings. The van der Waals surface area contributed by atoms with E-state index in [0.717, 1.165) is 5.69 Å². The highest BCUT2D eigenvalue weighted by Crippen LogP contribution is 2.09. The number of hydrogen-bond acceptors (Lipinski definition) is 2. The molecule has 1 aromatic heterocycles. The topological polar surface area (TPSA) is 65.1 Å². The molecule has 0 amide bonds. The van der Waals surface area contributed by atoms with E-state index < -0.39 is 5.97 Å². The van der Waals surface area contributed by atoms with Crippen molar-refractivity contribution in [3.05, 3.63) is 24.0 Å². The van der Waals surface area contributed by atoms with Gasteiger partial charge in [-0.15, -0.1) is 0 Å². The number of hydrogen-bond donors (Lipinski definition) is 3. The van der Waals surface area contributed by atoms with Crippen LogP contribution in [0.25, 0.3) is 0 Å². The van der Waals surface area contributed by atoms with Crippen molar-refractivity contribution in [3.8, 4) is 0 Å². The summed E-state index contributed by atoms with van der Waals surface area (Å²) in [6.45, 7) is 5.04. The molecule has 3 N–H and O–H groups in total. The minimum Gasteiger partial charge on any atom is -0.481 e. The first kappa shape index (κ1) is 11.8. The van der Waals surface area contributed by atoms with Crippen molar-refractivity contribution in [2.45, 2.75) is 20.4 Å². The molecule has 0 saturated carbocycles. The number of carboxylic acids is 1. The third-order valence-electron chi connectivity index (χ3n) is 2.46. The number of aromatic nitrogens is 1. The highest BCUT2D eigenvalue weighted by Gasteiger charge is 2.20. The SMILES string of the molecule is CC(C)C(CNCc1ccc[nH]1)C(=O)O. The summed E-state index contributed by atoms with van der Waals surface area (Å²) in [7, 11) is 0. The number of nitrogens with one attached hydrogen (secondary N) is 2. The second-order valence-corrected chi connectivity index (χ2v) is 4.02. The average molecular weight is 210 g/mol. The zero-order valence-corrected chi connectivity index (χ0v) is 9.16. The lowest BCUT2D eigenvalue weighted by Gasteiger charge is -2.16. The van der Waals surface area contributed by atoms with Gasteiger partial charge < -0.3 is 15.4 Å². The van der Waals surface area contributed by atoms with Gasteiger partial charge in [-0.3, -0.25) is 4.79 Å². The highest BCUT2D eigenvalue weighted by molar-refractivity contribution is 5.70. The molecule has 0 aliphatic heterocycles. The van der Waals surface area contributed by atoms with E-state index in [4.69, 9.17) is 5.11 Å². The molecule has 0 aromatic carbocycles. The number of rotatable bonds is 6. The molecule has 0 radical (unpaired) electrons. The maximum Gasteiger partial charge on any atom is 0.308 e. The van der Waals surface area contributed by atoms with Crippen LogP contribution in [-0.2, 0) is 11.3 Å². The second-order valence-electron chi connectivity index (χ2n) is 4.02. The van der Waals surface area contributed by atoms with Crippen molar-refractivity contribution in [1.82, 2.24) is 10.3 Å². The molecule has 4 nitrogen and oxygen atoms in total. The van der Waals surface area contributed by atoms with Gasteiger partial charge in [0.05, 0.1) is 5.92 Å². The van der Waals surface area contributed by atoms with E-state index in [-0.39, 0.29) is 11.8 Å². The van der Waals surface area contributed by atoms with Crippen molar-refractivity contribution in [2.75, 3.05) is 6.54 Å². The molecule has 1 heterocycles. The van der Waals surface area contributed by atoms with Crippen LogP contribution in [0.4, 0.5) is 0 Å². The van der Waals surface area contributed by atoms with Crippen LogP contribution in [0.2, 0.25) is 0 Å². The van der Waals surface area contributed by atoms with Crippen molar-refractivity contribution in [1.29, 1.82) is 0 Å². The van der Waals surface area contributed by atoms with Crippen LogP contribution < -0.4 is 5.32 Å². The molecule has 0 aliphatic rings. The van der Waals surface area contributed by atoms with Crippen LogP contribution in [0.5, 0.6) is 0 Å². The van der Waals surface area contributed by atoms with Crippen molar-refractivity contribution >= 4 is 5.97 Å². The number of aliphatic carboxylic acids is 1. The summed E-state index contributed by atoms with van der Waals surface area (Å²) < 4.78 is 0. The second kappa shape index (κ2) is 5.56. The number of carbonyl (C=O) groups is 1. The van der Waals surface area contributed by atoms with Gasteiger partial charge in [0.2, 0.25) is 0 Å². The molecular weight excluding hydrogens is 192 g/mol. The fraction of sp³-hybridized carbons (Fsp3) is 0.545. The van der Waals surface area contributed by atoms with Crippen LogP contribution in [0.3, 0.4) is 0 Å². The smallest absolute Gasteiger partial charge is 0.308 e. The third-order valence-corrected chi connectivity index (χ3v) is 2.46. The Hall–Kier alpha value is -1.29. The monoisotopic (exact) mass is 210 g/mol. The van der Waals surface area contributed by atoms with Gasteiger partial charge in [-0.05, 0) is 18.1 Å². The van der Waals surface area contributed by atoms with Gasteiger partial charge in [-0.2, -0.15) is 0 Å². The molecule has 1 unspecified atom stereocenters. The maximum absolute atomic E-state index is 10.9. The molecule has 4 heteroatoms. The molecule has 1 aromatic rings. The van der Waals surface area contributed by atoms with Gasteiger partial charge >= 0.3 is 5.97 Å². The summed E-state index contributed by atoms with van der Waals surface area (Å²) in [6, 6.07) is 3.90. The van der Waals surface area contributed by atoms with Crippen LogP contribution >= 0.6 is 0 Å². The van der Waals surface area contributed by atoms with Gasteiger partial charge in [-0.1, -0.05) is 13.8 Å². The fourth-order valence-corrected chi connectivity index (χ4v) is 1.45. The Bertz CT molecular complexity index is 294. The Morgan fingerprint density at radius 2 is 2.33 bits per heavy atom. The van der Waals surface area contributed by atoms with Crippen LogP contribution in [-0.4, -0.2) is 22.6 Å². The first-order valence-electron chi connectivity index (χ1n) is 5.17. The summed E-state index contributed by atoms with van der Waals surface area (Å²) in [5.74, 6) is -0.900. The number of H-pyrrole nitrogens is 1. The lowest BCUT2D eigenvalue weighted by Crippen LogP contribution is -2.31. The molecule has 0 spiro atoms. The van der Waals surface area contributed by atoms with Crippen molar-refractivity contribution in [3.63, 3.8) is 0 Å². The highest BCUT2D eigenvalue weighted by atomic mass is 16.4. The van der Waals surface area contributed by atoms with E-state index >= 15 is 0 Å². The van der Waals surface area contributed by atoms with Crippen LogP contribution in [0.15, 0.2) is 18.3 Å². The van der Waals surface area contributed by atoms with E-state index in [1.165, 1.54) is 0 Å². The van der Waals surface area contributed by atoms with Crippen LogP contribution in [0, 0.1) is 11.8 Å². The third kappa shape index (κ3) is 3.75. The van der Waals surface area contributed by atoms with Crippen molar-refractivity contribution < 1.29 is 9.90 Å². The first-order chi connectivity index (χ1) is 7.11. The zero-order valence-electron chi connectivity index (χ0n) is 9.16. The largest absolute Gasteiger partial charge is 0.481 e. The molecule has 1 atom stereocenters. The lowest BCUT2D eigenvalue weighted by atomic mass is 9.96. The summed E-state index contributed by atoms with van der Waals surface area (Å²) in [6.07, 6.45) is 1.86. The Balaban J connectivity index is 2.31. The predicted molar refractivity (Wildman–Crippen MR) is 58.5 cm³/mol. The van der Waals surface area contributed by atoms with Gasteiger partial charge in [0.15, 0.2) is 0 Å². The summed E-state index contributed by atoms with van der Waals surface area (Å²) in [5.41, 5.74) is 1.07. The van der Waals surface area contributed by atoms with E-state index in [1.54, 1.807) is 0 Å². The van der Waals surface area contributed by atoms with Crippen molar-refractivity contribution in [2.24, 2.45) is 11.8 Å². The first-order valence-corrected chi connectivity index (χ1v) is 5.17. The maximum atomic E-state index is 10.9. The predicted octanol–water partition coefficient (Wildman–Crippen LogP) is 1.46. The lowest BCUT2D eigenvalue weighted by molar-refractivity contribution is -0.143. The zero-order chi connectivity index (χ0) is 11.3. The van der Waals surface area contributed by atoms with E-state index in [0.29, 0.717) is 13.1 Å². The van der Waals surface area contributed by atoms with E-state index in [1.807, 2.05) is 32.2 Å². The average Bonchev–Trinajstić information content (AvgIpc) is 2.63. The summed E-state index contributed by atoms with van der Waals surface area (Å²) in [4.78, 5) is 13.9. The van der Waals surface area contributed by atoms with Gasteiger partial charge in [0.1, 0.15) is 0 Å². The quantitative estimate of drug-likeness (QED) is 0.666. The minimum atomic E-state index is -0.732. The molecular formula is C11H18N2O2. The molecule has 0 bridgehead atoms. The van der Waals surface area contributed by atoms with Gasteiger partial charge in [0.25, 0.3) is 0 Å². The van der Waals surface area contributed by atoms with Gasteiger partial charge in [-0.25, -0.2) is 0 Å². The molecule has 15 heavy (non-hydrogen) atoms. The van der Waals surface area contributed by atoms with Crippen LogP contribution in [0.1, 0.15) is 19.5 Å². The molecule has 0 saturated heterocycles. The normalized spacial score (nSPS) is 13.0. The van der Waals surface area contributed by atoms with E-state index in [2.05, 4.69) is 10.3 Å². The molecule has 84 valence electrons. The number of carboxylic acid groups (broad SMARTS) is 1. The number of aromatic amines is 1. The fourth-order valence-electron chi connectivity index (χ4n) is 1.45. The molecule has 1 rings (SSSR count). The summed E-state index contributed by atoms with van der Waals surface area (Å²) in [5, 5.41) is 12.1. The Morgan fingerprint density at radius 1 is 1.60 bits per heavy atom. The Kier molecular flexibility index (Phi) is 4.37. The summed E-state index contributed by atoms with van der Waals surface area (Å²) >= 11 is 0. The Morgan fingerprint density at radius 3 is 2.80 bits per heavy atom. The standard InChI is InChI=1S/C11H18N2O2/c1-8(2)10(11(14)15)7-12-6-9-4-3-5-13-9/h3-5,8,10,12-13H,6-7H2,1-2H3,(H,14,15). The Labute approximate surface area is 89.7 Å².